The summed E-state index contributed by atoms with van der Waals surface area (Å²) < 4.78 is 4.82. The van der Waals surface area contributed by atoms with Crippen LogP contribution in [0.3, 0.4) is 0 Å². The van der Waals surface area contributed by atoms with E-state index in [1.165, 1.54) is 0 Å². The first-order valence-corrected chi connectivity index (χ1v) is 5.30. The SMILES string of the molecule is COCCCC(=O)NC(C(=O)O)C(C)(C)C. The van der Waals surface area contributed by atoms with Crippen LogP contribution >= 0.6 is 0 Å². The molecule has 0 aliphatic rings. The Labute approximate surface area is 96.2 Å². The monoisotopic (exact) mass is 231 g/mol. The molecule has 0 spiro atoms. The van der Waals surface area contributed by atoms with Crippen LogP contribution in [-0.2, 0) is 14.3 Å². The highest BCUT2D eigenvalue weighted by Gasteiger charge is 2.32. The van der Waals surface area contributed by atoms with E-state index in [2.05, 4.69) is 5.32 Å². The lowest BCUT2D eigenvalue weighted by atomic mass is 9.86. The summed E-state index contributed by atoms with van der Waals surface area (Å²) in [5, 5.41) is 11.5. The molecule has 0 aromatic carbocycles. The van der Waals surface area contributed by atoms with Crippen molar-refractivity contribution in [2.24, 2.45) is 5.41 Å². The van der Waals surface area contributed by atoms with Gasteiger partial charge in [0.2, 0.25) is 5.91 Å². The number of hydrogen-bond donors (Lipinski definition) is 2. The summed E-state index contributed by atoms with van der Waals surface area (Å²) in [4.78, 5) is 22.4. The fourth-order valence-electron chi connectivity index (χ4n) is 1.26. The van der Waals surface area contributed by atoms with Crippen LogP contribution in [0.2, 0.25) is 0 Å². The van der Waals surface area contributed by atoms with E-state index >= 15 is 0 Å². The molecular formula is C11H21NO4. The fourth-order valence-corrected chi connectivity index (χ4v) is 1.26. The predicted molar refractivity (Wildman–Crippen MR) is 60.1 cm³/mol. The predicted octanol–water partition coefficient (Wildman–Crippen LogP) is 1.03. The summed E-state index contributed by atoms with van der Waals surface area (Å²) in [5.41, 5.74) is -0.497. The number of ether oxygens (including phenoxy) is 1. The molecule has 1 atom stereocenters. The second-order valence-electron chi connectivity index (χ2n) is 4.80. The van der Waals surface area contributed by atoms with Crippen LogP contribution in [-0.4, -0.2) is 36.7 Å². The van der Waals surface area contributed by atoms with Crippen molar-refractivity contribution < 1.29 is 19.4 Å². The van der Waals surface area contributed by atoms with Gasteiger partial charge in [-0.15, -0.1) is 0 Å². The Hall–Kier alpha value is -1.10. The van der Waals surface area contributed by atoms with E-state index in [4.69, 9.17) is 9.84 Å². The third-order valence-electron chi connectivity index (χ3n) is 2.17. The standard InChI is InChI=1S/C11H21NO4/c1-11(2,3)9(10(14)15)12-8(13)6-5-7-16-4/h9H,5-7H2,1-4H3,(H,12,13)(H,14,15). The number of carboxylic acid groups (broad SMARTS) is 1. The third-order valence-corrected chi connectivity index (χ3v) is 2.17. The van der Waals surface area contributed by atoms with Gasteiger partial charge >= 0.3 is 5.97 Å². The van der Waals surface area contributed by atoms with E-state index in [1.807, 2.05) is 0 Å². The highest BCUT2D eigenvalue weighted by molar-refractivity contribution is 5.84. The molecule has 0 heterocycles. The minimum atomic E-state index is -1.01. The van der Waals surface area contributed by atoms with Crippen LogP contribution in [0.1, 0.15) is 33.6 Å². The van der Waals surface area contributed by atoms with Crippen molar-refractivity contribution in [3.8, 4) is 0 Å². The Kier molecular flexibility index (Phi) is 6.03. The highest BCUT2D eigenvalue weighted by Crippen LogP contribution is 2.19. The first kappa shape index (κ1) is 14.9. The summed E-state index contributed by atoms with van der Waals surface area (Å²) in [6.07, 6.45) is 0.881. The second-order valence-corrected chi connectivity index (χ2v) is 4.80. The molecule has 1 unspecified atom stereocenters. The van der Waals surface area contributed by atoms with Crippen molar-refractivity contribution in [3.63, 3.8) is 0 Å². The van der Waals surface area contributed by atoms with Crippen molar-refractivity contribution in [1.29, 1.82) is 0 Å². The van der Waals surface area contributed by atoms with Crippen molar-refractivity contribution in [3.05, 3.63) is 0 Å². The molecule has 0 radical (unpaired) electrons. The summed E-state index contributed by atoms with van der Waals surface area (Å²) in [5.74, 6) is -1.26. The lowest BCUT2D eigenvalue weighted by Crippen LogP contribution is -2.49. The zero-order valence-electron chi connectivity index (χ0n) is 10.4. The number of carbonyl (C=O) groups is 2. The van der Waals surface area contributed by atoms with Crippen molar-refractivity contribution in [1.82, 2.24) is 5.32 Å². The molecule has 5 heteroatoms. The Morgan fingerprint density at radius 2 is 1.94 bits per heavy atom. The summed E-state index contributed by atoms with van der Waals surface area (Å²) in [6, 6.07) is -0.859. The molecule has 0 fully saturated rings. The van der Waals surface area contributed by atoms with Crippen LogP contribution in [0.4, 0.5) is 0 Å². The van der Waals surface area contributed by atoms with Crippen molar-refractivity contribution >= 4 is 11.9 Å². The Bertz CT molecular complexity index is 245. The van der Waals surface area contributed by atoms with Gasteiger partial charge in [-0.3, -0.25) is 4.79 Å². The number of amides is 1. The van der Waals surface area contributed by atoms with E-state index < -0.39 is 17.4 Å². The van der Waals surface area contributed by atoms with Crippen LogP contribution in [0.5, 0.6) is 0 Å². The third kappa shape index (κ3) is 5.70. The van der Waals surface area contributed by atoms with Gasteiger partial charge in [-0.1, -0.05) is 20.8 Å². The van der Waals surface area contributed by atoms with Gasteiger partial charge in [0.05, 0.1) is 0 Å². The van der Waals surface area contributed by atoms with Gasteiger partial charge < -0.3 is 15.2 Å². The van der Waals surface area contributed by atoms with E-state index in [-0.39, 0.29) is 12.3 Å². The summed E-state index contributed by atoms with van der Waals surface area (Å²) in [6.45, 7) is 5.84. The zero-order chi connectivity index (χ0) is 12.8. The van der Waals surface area contributed by atoms with Gasteiger partial charge in [-0.25, -0.2) is 4.79 Å². The molecule has 2 N–H and O–H groups in total. The molecule has 94 valence electrons. The van der Waals surface area contributed by atoms with Gasteiger partial charge in [0, 0.05) is 20.1 Å². The lowest BCUT2D eigenvalue weighted by Gasteiger charge is -2.27. The molecule has 0 aromatic rings. The average Bonchev–Trinajstić information content (AvgIpc) is 2.12. The van der Waals surface area contributed by atoms with Gasteiger partial charge in [0.1, 0.15) is 6.04 Å². The number of nitrogens with one attached hydrogen (secondary N) is 1. The van der Waals surface area contributed by atoms with Gasteiger partial charge in [0.25, 0.3) is 0 Å². The molecule has 0 saturated heterocycles. The Balaban J connectivity index is 4.21. The smallest absolute Gasteiger partial charge is 0.326 e. The van der Waals surface area contributed by atoms with Gasteiger partial charge in [-0.2, -0.15) is 0 Å². The Morgan fingerprint density at radius 3 is 2.31 bits per heavy atom. The Morgan fingerprint density at radius 1 is 1.38 bits per heavy atom. The fraction of sp³-hybridized carbons (Fsp3) is 0.818. The van der Waals surface area contributed by atoms with Crippen LogP contribution in [0.25, 0.3) is 0 Å². The van der Waals surface area contributed by atoms with Crippen molar-refractivity contribution in [2.75, 3.05) is 13.7 Å². The normalized spacial score (nSPS) is 13.2. The van der Waals surface area contributed by atoms with E-state index in [1.54, 1.807) is 27.9 Å². The van der Waals surface area contributed by atoms with Gasteiger partial charge in [-0.05, 0) is 11.8 Å². The first-order valence-electron chi connectivity index (χ1n) is 5.30. The maximum atomic E-state index is 11.4. The summed E-state index contributed by atoms with van der Waals surface area (Å²) >= 11 is 0. The molecule has 0 aliphatic heterocycles. The summed E-state index contributed by atoms with van der Waals surface area (Å²) in [7, 11) is 1.56. The number of rotatable bonds is 6. The lowest BCUT2D eigenvalue weighted by molar-refractivity contribution is -0.145. The number of aliphatic carboxylic acids is 1. The number of carboxylic acids is 1. The maximum Gasteiger partial charge on any atom is 0.326 e. The quantitative estimate of drug-likeness (QED) is 0.669. The number of carbonyl (C=O) groups excluding carboxylic acids is 1. The van der Waals surface area contributed by atoms with E-state index in [0.717, 1.165) is 0 Å². The molecular weight excluding hydrogens is 210 g/mol. The van der Waals surface area contributed by atoms with E-state index in [9.17, 15) is 9.59 Å². The minimum Gasteiger partial charge on any atom is -0.480 e. The van der Waals surface area contributed by atoms with Crippen LogP contribution in [0.15, 0.2) is 0 Å². The molecule has 16 heavy (non-hydrogen) atoms. The highest BCUT2D eigenvalue weighted by atomic mass is 16.5. The molecule has 0 saturated carbocycles. The second kappa shape index (κ2) is 6.48. The molecule has 0 aliphatic carbocycles. The number of hydrogen-bond acceptors (Lipinski definition) is 3. The van der Waals surface area contributed by atoms with Crippen molar-refractivity contribution in [2.45, 2.75) is 39.7 Å². The molecule has 0 bridgehead atoms. The molecule has 5 nitrogen and oxygen atoms in total. The maximum absolute atomic E-state index is 11.4. The van der Waals surface area contributed by atoms with Crippen LogP contribution < -0.4 is 5.32 Å². The molecule has 1 amide bonds. The topological polar surface area (TPSA) is 75.6 Å². The average molecular weight is 231 g/mol. The molecule has 0 rings (SSSR count). The van der Waals surface area contributed by atoms with Gasteiger partial charge in [0.15, 0.2) is 0 Å². The largest absolute Gasteiger partial charge is 0.480 e. The number of methoxy groups -OCH3 is 1. The van der Waals surface area contributed by atoms with Crippen LogP contribution in [0, 0.1) is 5.41 Å². The molecule has 0 aromatic heterocycles. The first-order chi connectivity index (χ1) is 7.29. The zero-order valence-corrected chi connectivity index (χ0v) is 10.4. The minimum absolute atomic E-state index is 0.251. The van der Waals surface area contributed by atoms with E-state index in [0.29, 0.717) is 13.0 Å².